The van der Waals surface area contributed by atoms with Crippen LogP contribution in [0.2, 0.25) is 0 Å². The second-order valence-electron chi connectivity index (χ2n) is 8.14. The Morgan fingerprint density at radius 1 is 0.457 bits per heavy atom. The van der Waals surface area contributed by atoms with E-state index in [0.717, 1.165) is 23.0 Å². The molecule has 0 aromatic heterocycles. The van der Waals surface area contributed by atoms with Gasteiger partial charge in [0, 0.05) is 27.9 Å². The summed E-state index contributed by atoms with van der Waals surface area (Å²) in [5.74, 6) is 3.16. The third kappa shape index (κ3) is 4.81. The Kier molecular flexibility index (Phi) is 6.47. The quantitative estimate of drug-likeness (QED) is 0.143. The van der Waals surface area contributed by atoms with Gasteiger partial charge in [0.1, 0.15) is 23.0 Å². The first kappa shape index (κ1) is 22.9. The molecule has 0 saturated heterocycles. The highest BCUT2D eigenvalue weighted by Gasteiger charge is 2.27. The van der Waals surface area contributed by atoms with Gasteiger partial charge in [0.2, 0.25) is 0 Å². The summed E-state index contributed by atoms with van der Waals surface area (Å²) in [6.07, 6.45) is 0. The van der Waals surface area contributed by atoms with Gasteiger partial charge in [-0.3, -0.25) is 0 Å². The number of ether oxygens (including phenoxy) is 2. The van der Waals surface area contributed by atoms with Crippen molar-refractivity contribution in [2.75, 3.05) is 0 Å². The summed E-state index contributed by atoms with van der Waals surface area (Å²) in [7, 11) is -0.726. The minimum atomic E-state index is -0.726. The largest absolute Gasteiger partial charge is 0.457 e. The van der Waals surface area contributed by atoms with E-state index in [1.54, 1.807) is 0 Å². The van der Waals surface area contributed by atoms with Crippen LogP contribution in [0.4, 0.5) is 0 Å². The second-order valence-corrected chi connectivity index (χ2v) is 12.8. The van der Waals surface area contributed by atoms with Gasteiger partial charge in [0.05, 0.1) is 0 Å². The van der Waals surface area contributed by atoms with E-state index in [0.29, 0.717) is 0 Å². The summed E-state index contributed by atoms with van der Waals surface area (Å²) in [6.45, 7) is 0. The van der Waals surface area contributed by atoms with Crippen LogP contribution < -0.4 is 9.47 Å². The second kappa shape index (κ2) is 9.87. The van der Waals surface area contributed by atoms with Crippen LogP contribution in [0, 0.1) is 7.14 Å². The summed E-state index contributed by atoms with van der Waals surface area (Å²) in [6, 6.07) is 40.0. The first-order valence-electron chi connectivity index (χ1n) is 11.1. The van der Waals surface area contributed by atoms with Gasteiger partial charge in [-0.1, -0.05) is 36.4 Å². The van der Waals surface area contributed by atoms with E-state index in [-0.39, 0.29) is 0 Å². The maximum absolute atomic E-state index is 6.33. The van der Waals surface area contributed by atoms with Crippen molar-refractivity contribution >= 4 is 56.1 Å². The first-order chi connectivity index (χ1) is 17.1. The molecule has 1 aliphatic heterocycles. The smallest absolute Gasteiger partial charge is 0.132 e. The van der Waals surface area contributed by atoms with Gasteiger partial charge in [-0.15, -0.1) is 0 Å². The average molecular weight is 698 g/mol. The predicted molar refractivity (Wildman–Crippen MR) is 161 cm³/mol. The molecule has 0 N–H and O–H groups in total. The number of thiol groups is 1. The molecule has 35 heavy (non-hydrogen) atoms. The van der Waals surface area contributed by atoms with Crippen molar-refractivity contribution in [2.45, 2.75) is 14.7 Å². The third-order valence-corrected chi connectivity index (χ3v) is 9.76. The molecule has 0 bridgehead atoms. The molecule has 0 amide bonds. The predicted octanol–water partition coefficient (Wildman–Crippen LogP) is 9.94. The Morgan fingerprint density at radius 3 is 1.34 bits per heavy atom. The fraction of sp³-hybridized carbons (Fsp3) is 0. The highest BCUT2D eigenvalue weighted by atomic mass is 127. The Bertz CT molecular complexity index is 1400. The normalized spacial score (nSPS) is 12.7. The molecule has 2 nitrogen and oxygen atoms in total. The van der Waals surface area contributed by atoms with Crippen molar-refractivity contribution < 1.29 is 9.47 Å². The molecule has 5 heteroatoms. The zero-order valence-corrected chi connectivity index (χ0v) is 23.7. The molecule has 5 aromatic carbocycles. The fourth-order valence-electron chi connectivity index (χ4n) is 4.28. The molecule has 1 aliphatic rings. The van der Waals surface area contributed by atoms with Crippen LogP contribution >= 0.6 is 56.1 Å². The highest BCUT2D eigenvalue weighted by Crippen LogP contribution is 2.63. The van der Waals surface area contributed by atoms with Crippen LogP contribution in [0.1, 0.15) is 0 Å². The van der Waals surface area contributed by atoms with E-state index in [4.69, 9.17) is 9.47 Å². The lowest BCUT2D eigenvalue weighted by atomic mass is 10.1. The molecule has 0 aliphatic carbocycles. The molecule has 5 aromatic rings. The first-order valence-corrected chi connectivity index (χ1v) is 14.6. The van der Waals surface area contributed by atoms with E-state index >= 15 is 0 Å². The zero-order valence-electron chi connectivity index (χ0n) is 18.5. The SMILES string of the molecule is Ic1ccc(Oc2cc(Oc3ccc(I)cc3)cc([SH]3c4ccccc4-c4ccccc43)c2)cc1. The molecular weight excluding hydrogens is 678 g/mol. The third-order valence-electron chi connectivity index (χ3n) is 5.80. The molecule has 1 heterocycles. The average Bonchev–Trinajstić information content (AvgIpc) is 3.21. The van der Waals surface area contributed by atoms with Gasteiger partial charge in [0.25, 0.3) is 0 Å². The van der Waals surface area contributed by atoms with Crippen molar-refractivity contribution in [3.05, 3.63) is 122 Å². The Morgan fingerprint density at radius 2 is 0.886 bits per heavy atom. The van der Waals surface area contributed by atoms with Crippen molar-refractivity contribution in [3.63, 3.8) is 0 Å². The molecule has 0 radical (unpaired) electrons. The maximum Gasteiger partial charge on any atom is 0.132 e. The standard InChI is InChI=1S/C30H20I2O2S/c31-20-9-13-22(14-10-20)33-24-17-25(34-23-15-11-21(32)12-16-23)19-26(18-24)35-29-7-3-1-5-27(29)28-6-2-4-8-30(28)35/h1-19,35H. The molecule has 0 spiro atoms. The van der Waals surface area contributed by atoms with E-state index in [9.17, 15) is 0 Å². The Hall–Kier alpha value is -2.49. The Labute approximate surface area is 234 Å². The van der Waals surface area contributed by atoms with Gasteiger partial charge < -0.3 is 9.47 Å². The van der Waals surface area contributed by atoms with E-state index in [2.05, 4.69) is 130 Å². The maximum atomic E-state index is 6.33. The van der Waals surface area contributed by atoms with Gasteiger partial charge in [0.15, 0.2) is 0 Å². The van der Waals surface area contributed by atoms with E-state index in [1.807, 2.05) is 30.3 Å². The number of halogens is 2. The summed E-state index contributed by atoms with van der Waals surface area (Å²) in [5.41, 5.74) is 2.64. The minimum Gasteiger partial charge on any atom is -0.457 e. The van der Waals surface area contributed by atoms with Crippen LogP contribution in [0.15, 0.2) is 130 Å². The number of benzene rings is 5. The lowest BCUT2D eigenvalue weighted by molar-refractivity contribution is 0.458. The molecule has 0 saturated carbocycles. The van der Waals surface area contributed by atoms with Gasteiger partial charge in [-0.05, 0) is 129 Å². The molecule has 0 fully saturated rings. The Balaban J connectivity index is 1.46. The summed E-state index contributed by atoms with van der Waals surface area (Å²) >= 11 is 4.61. The van der Waals surface area contributed by atoms with Crippen molar-refractivity contribution in [3.8, 4) is 34.1 Å². The van der Waals surface area contributed by atoms with E-state index in [1.165, 1.54) is 33.0 Å². The lowest BCUT2D eigenvalue weighted by Crippen LogP contribution is -1.91. The number of fused-ring (bicyclic) bond motifs is 3. The van der Waals surface area contributed by atoms with Crippen LogP contribution in [-0.2, 0) is 0 Å². The summed E-state index contributed by atoms with van der Waals surface area (Å²) < 4.78 is 15.0. The zero-order chi connectivity index (χ0) is 23.8. The molecule has 172 valence electrons. The molecule has 0 unspecified atom stereocenters. The van der Waals surface area contributed by atoms with Crippen molar-refractivity contribution in [2.24, 2.45) is 0 Å². The number of rotatable bonds is 5. The molecule has 6 rings (SSSR count). The number of hydrogen-bond donors (Lipinski definition) is 1. The van der Waals surface area contributed by atoms with Crippen LogP contribution in [-0.4, -0.2) is 0 Å². The number of hydrogen-bond acceptors (Lipinski definition) is 2. The summed E-state index contributed by atoms with van der Waals surface area (Å²) in [5, 5.41) is 0. The topological polar surface area (TPSA) is 18.5 Å². The van der Waals surface area contributed by atoms with Crippen LogP contribution in [0.25, 0.3) is 11.1 Å². The monoisotopic (exact) mass is 698 g/mol. The van der Waals surface area contributed by atoms with E-state index < -0.39 is 10.9 Å². The van der Waals surface area contributed by atoms with Gasteiger partial charge >= 0.3 is 0 Å². The van der Waals surface area contributed by atoms with Crippen molar-refractivity contribution in [1.82, 2.24) is 0 Å². The van der Waals surface area contributed by atoms with Crippen LogP contribution in [0.3, 0.4) is 0 Å². The van der Waals surface area contributed by atoms with Gasteiger partial charge in [-0.2, -0.15) is 10.9 Å². The molecule has 0 atom stereocenters. The lowest BCUT2D eigenvalue weighted by Gasteiger charge is -2.21. The van der Waals surface area contributed by atoms with Crippen molar-refractivity contribution in [1.29, 1.82) is 0 Å². The van der Waals surface area contributed by atoms with Gasteiger partial charge in [-0.25, -0.2) is 0 Å². The minimum absolute atomic E-state index is 0.726. The highest BCUT2D eigenvalue weighted by molar-refractivity contribution is 14.1. The molecular formula is C30H20I2O2S. The summed E-state index contributed by atoms with van der Waals surface area (Å²) in [4.78, 5) is 3.95. The van der Waals surface area contributed by atoms with Crippen LogP contribution in [0.5, 0.6) is 23.0 Å². The fourth-order valence-corrected chi connectivity index (χ4v) is 7.67.